The average Bonchev–Trinajstić information content (AvgIpc) is 3.04. The molecule has 1 heterocycles. The van der Waals surface area contributed by atoms with E-state index >= 15 is 0 Å². The first-order chi connectivity index (χ1) is 11.6. The van der Waals surface area contributed by atoms with Crippen LogP contribution in [0.2, 0.25) is 0 Å². The van der Waals surface area contributed by atoms with E-state index < -0.39 is 6.09 Å². The summed E-state index contributed by atoms with van der Waals surface area (Å²) >= 11 is 0. The van der Waals surface area contributed by atoms with E-state index in [-0.39, 0.29) is 18.3 Å². The van der Waals surface area contributed by atoms with Gasteiger partial charge in [0.25, 0.3) is 5.91 Å². The highest BCUT2D eigenvalue weighted by molar-refractivity contribution is 6.02. The summed E-state index contributed by atoms with van der Waals surface area (Å²) in [5, 5.41) is 5.29. The average molecular weight is 332 g/mol. The lowest BCUT2D eigenvalue weighted by Crippen LogP contribution is -2.16. The molecule has 0 aliphatic rings. The molecular weight excluding hydrogens is 312 g/mol. The molecule has 0 bridgehead atoms. The quantitative estimate of drug-likeness (QED) is 0.759. The van der Waals surface area contributed by atoms with Crippen LogP contribution in [-0.2, 0) is 15.9 Å². The van der Waals surface area contributed by atoms with E-state index in [0.717, 1.165) is 12.2 Å². The minimum absolute atomic E-state index is 0.164. The van der Waals surface area contributed by atoms with Crippen LogP contribution in [0.4, 0.5) is 16.2 Å². The van der Waals surface area contributed by atoms with Crippen LogP contribution in [0.1, 0.15) is 23.2 Å². The summed E-state index contributed by atoms with van der Waals surface area (Å²) in [6.45, 7) is 2.44. The van der Waals surface area contributed by atoms with Gasteiger partial charge >= 0.3 is 6.09 Å². The number of nitrogens with one attached hydrogen (secondary N) is 2. The van der Waals surface area contributed by atoms with Crippen LogP contribution in [0.3, 0.4) is 0 Å². The number of ether oxygens (including phenoxy) is 2. The zero-order chi connectivity index (χ0) is 17.4. The number of carbonyl (C=O) groups excluding carboxylic acids is 2. The normalized spacial score (nSPS) is 10.2. The lowest BCUT2D eigenvalue weighted by molar-refractivity contribution is 0.0995. The molecule has 2 N–H and O–H groups in total. The largest absolute Gasteiger partial charge is 0.456 e. The van der Waals surface area contributed by atoms with Gasteiger partial charge in [-0.1, -0.05) is 13.0 Å². The van der Waals surface area contributed by atoms with Gasteiger partial charge in [0.2, 0.25) is 0 Å². The third kappa shape index (κ3) is 5.13. The van der Waals surface area contributed by atoms with Crippen molar-refractivity contribution in [2.75, 3.05) is 31.0 Å². The number of hydrogen-bond acceptors (Lipinski definition) is 5. The van der Waals surface area contributed by atoms with Gasteiger partial charge in [-0.25, -0.2) is 4.79 Å². The molecule has 0 saturated heterocycles. The number of anilines is 2. The Hall–Kier alpha value is -2.80. The summed E-state index contributed by atoms with van der Waals surface area (Å²) in [4.78, 5) is 23.7. The zero-order valence-electron chi connectivity index (χ0n) is 13.6. The zero-order valence-corrected chi connectivity index (χ0v) is 13.6. The van der Waals surface area contributed by atoms with Gasteiger partial charge in [0.05, 0.1) is 6.61 Å². The number of benzene rings is 1. The van der Waals surface area contributed by atoms with Crippen molar-refractivity contribution in [2.45, 2.75) is 13.3 Å². The standard InChI is InChI=1S/C17H20N2O5/c1-3-14-7-8-15(24-14)16(20)18-12-5-4-6-13(11-12)19-17(21)23-10-9-22-2/h4-8,11H,3,9-10H2,1-2H3,(H,18,20)(H,19,21). The maximum absolute atomic E-state index is 12.1. The number of furan rings is 1. The molecule has 2 rings (SSSR count). The smallest absolute Gasteiger partial charge is 0.411 e. The summed E-state index contributed by atoms with van der Waals surface area (Å²) in [6, 6.07) is 10.1. The van der Waals surface area contributed by atoms with Gasteiger partial charge < -0.3 is 19.2 Å². The highest BCUT2D eigenvalue weighted by atomic mass is 16.6. The highest BCUT2D eigenvalue weighted by Crippen LogP contribution is 2.17. The maximum Gasteiger partial charge on any atom is 0.411 e. The fourth-order valence-electron chi connectivity index (χ4n) is 1.93. The Balaban J connectivity index is 1.94. The van der Waals surface area contributed by atoms with E-state index in [1.54, 1.807) is 36.4 Å². The number of carbonyl (C=O) groups is 2. The van der Waals surface area contributed by atoms with Crippen molar-refractivity contribution in [3.63, 3.8) is 0 Å². The highest BCUT2D eigenvalue weighted by Gasteiger charge is 2.11. The molecule has 0 spiro atoms. The molecular formula is C17H20N2O5. The van der Waals surface area contributed by atoms with E-state index in [0.29, 0.717) is 18.0 Å². The second kappa shape index (κ2) is 8.73. The van der Waals surface area contributed by atoms with Crippen molar-refractivity contribution in [1.29, 1.82) is 0 Å². The van der Waals surface area contributed by atoms with Crippen LogP contribution in [-0.4, -0.2) is 32.3 Å². The van der Waals surface area contributed by atoms with Crippen molar-refractivity contribution in [2.24, 2.45) is 0 Å². The third-order valence-electron chi connectivity index (χ3n) is 3.12. The summed E-state index contributed by atoms with van der Waals surface area (Å²) in [5.41, 5.74) is 1.04. The molecule has 7 heteroatoms. The van der Waals surface area contributed by atoms with Gasteiger partial charge in [-0.05, 0) is 30.3 Å². The van der Waals surface area contributed by atoms with Gasteiger partial charge in [-0.3, -0.25) is 10.1 Å². The summed E-state index contributed by atoms with van der Waals surface area (Å²) in [7, 11) is 1.52. The van der Waals surface area contributed by atoms with Gasteiger partial charge in [0.15, 0.2) is 5.76 Å². The molecule has 1 aromatic heterocycles. The SMILES string of the molecule is CCc1ccc(C(=O)Nc2cccc(NC(=O)OCCOC)c2)o1. The molecule has 0 unspecified atom stereocenters. The van der Waals surface area contributed by atoms with Crippen LogP contribution >= 0.6 is 0 Å². The van der Waals surface area contributed by atoms with Crippen LogP contribution < -0.4 is 10.6 Å². The fourth-order valence-corrected chi connectivity index (χ4v) is 1.93. The number of hydrogen-bond donors (Lipinski definition) is 2. The van der Waals surface area contributed by atoms with E-state index in [9.17, 15) is 9.59 Å². The first-order valence-electron chi connectivity index (χ1n) is 7.55. The molecule has 128 valence electrons. The van der Waals surface area contributed by atoms with Crippen molar-refractivity contribution in [3.05, 3.63) is 47.9 Å². The van der Waals surface area contributed by atoms with E-state index in [1.165, 1.54) is 7.11 Å². The maximum atomic E-state index is 12.1. The summed E-state index contributed by atoms with van der Waals surface area (Å²) in [6.07, 6.45) is 0.131. The predicted molar refractivity (Wildman–Crippen MR) is 89.3 cm³/mol. The topological polar surface area (TPSA) is 89.8 Å². The number of methoxy groups -OCH3 is 1. The summed E-state index contributed by atoms with van der Waals surface area (Å²) in [5.74, 6) is 0.632. The van der Waals surface area contributed by atoms with Crippen LogP contribution in [0.5, 0.6) is 0 Å². The Morgan fingerprint density at radius 1 is 1.08 bits per heavy atom. The molecule has 0 aliphatic heterocycles. The second-order valence-corrected chi connectivity index (χ2v) is 4.91. The monoisotopic (exact) mass is 332 g/mol. The fraction of sp³-hybridized carbons (Fsp3) is 0.294. The molecule has 0 atom stereocenters. The number of rotatable bonds is 7. The molecule has 2 aromatic rings. The Morgan fingerprint density at radius 2 is 1.83 bits per heavy atom. The summed E-state index contributed by atoms with van der Waals surface area (Å²) < 4.78 is 15.1. The minimum Gasteiger partial charge on any atom is -0.456 e. The molecule has 1 aromatic carbocycles. The molecule has 24 heavy (non-hydrogen) atoms. The van der Waals surface area contributed by atoms with Crippen LogP contribution in [0.25, 0.3) is 0 Å². The Morgan fingerprint density at radius 3 is 2.50 bits per heavy atom. The molecule has 7 nitrogen and oxygen atoms in total. The molecule has 0 fully saturated rings. The Bertz CT molecular complexity index is 696. The van der Waals surface area contributed by atoms with Crippen molar-refractivity contribution >= 4 is 23.4 Å². The van der Waals surface area contributed by atoms with E-state index in [4.69, 9.17) is 13.9 Å². The van der Waals surface area contributed by atoms with Crippen LogP contribution in [0, 0.1) is 0 Å². The predicted octanol–water partition coefficient (Wildman–Crippen LogP) is 3.29. The van der Waals surface area contributed by atoms with Crippen molar-refractivity contribution in [1.82, 2.24) is 0 Å². The molecule has 2 amide bonds. The van der Waals surface area contributed by atoms with Gasteiger partial charge in [-0.15, -0.1) is 0 Å². The minimum atomic E-state index is -0.589. The van der Waals surface area contributed by atoms with Crippen molar-refractivity contribution < 1.29 is 23.5 Å². The third-order valence-corrected chi connectivity index (χ3v) is 3.12. The first kappa shape index (κ1) is 17.6. The Kier molecular flexibility index (Phi) is 6.39. The van der Waals surface area contributed by atoms with E-state index in [2.05, 4.69) is 10.6 Å². The van der Waals surface area contributed by atoms with Crippen molar-refractivity contribution in [3.8, 4) is 0 Å². The molecule has 0 aliphatic carbocycles. The van der Waals surface area contributed by atoms with Gasteiger partial charge in [-0.2, -0.15) is 0 Å². The lowest BCUT2D eigenvalue weighted by Gasteiger charge is -2.08. The van der Waals surface area contributed by atoms with E-state index in [1.807, 2.05) is 6.92 Å². The van der Waals surface area contributed by atoms with Gasteiger partial charge in [0.1, 0.15) is 12.4 Å². The second-order valence-electron chi connectivity index (χ2n) is 4.91. The van der Waals surface area contributed by atoms with Gasteiger partial charge in [0, 0.05) is 24.9 Å². The Labute approximate surface area is 139 Å². The lowest BCUT2D eigenvalue weighted by atomic mass is 10.2. The molecule has 0 saturated carbocycles. The van der Waals surface area contributed by atoms with Crippen LogP contribution in [0.15, 0.2) is 40.8 Å². The first-order valence-corrected chi connectivity index (χ1v) is 7.55. The number of amides is 2. The molecule has 0 radical (unpaired) electrons. The number of aryl methyl sites for hydroxylation is 1.